The quantitative estimate of drug-likeness (QED) is 0.311. The maximum absolute atomic E-state index is 13.5. The Bertz CT molecular complexity index is 1630. The third-order valence-corrected chi connectivity index (χ3v) is 8.45. The molecule has 1 N–H and O–H groups in total. The lowest BCUT2D eigenvalue weighted by molar-refractivity contribution is -0.156. The number of carbonyl (C=O) groups excluding carboxylic acids is 1. The number of fused-ring (bicyclic) bond motifs is 1. The van der Waals surface area contributed by atoms with Crippen molar-refractivity contribution in [2.24, 2.45) is 5.92 Å². The van der Waals surface area contributed by atoms with Crippen LogP contribution in [0.25, 0.3) is 22.3 Å². The smallest absolute Gasteiger partial charge is 0.306 e. The molecule has 3 heterocycles. The number of aromatic nitrogens is 4. The Labute approximate surface area is 228 Å². The van der Waals surface area contributed by atoms with Gasteiger partial charge in [0.1, 0.15) is 11.4 Å². The highest BCUT2D eigenvalue weighted by Crippen LogP contribution is 2.39. The van der Waals surface area contributed by atoms with E-state index in [-0.39, 0.29) is 22.8 Å². The van der Waals surface area contributed by atoms with Crippen LogP contribution in [-0.2, 0) is 19.6 Å². The summed E-state index contributed by atoms with van der Waals surface area (Å²) in [6, 6.07) is 10.5. The van der Waals surface area contributed by atoms with E-state index < -0.39 is 15.6 Å². The van der Waals surface area contributed by atoms with Gasteiger partial charge in [0.25, 0.3) is 10.0 Å². The van der Waals surface area contributed by atoms with Gasteiger partial charge in [0.15, 0.2) is 5.65 Å². The van der Waals surface area contributed by atoms with Crippen LogP contribution in [0, 0.1) is 19.8 Å². The molecule has 10 heteroatoms. The Morgan fingerprint density at radius 1 is 1.08 bits per heavy atom. The molecule has 1 aromatic carbocycles. The second-order valence-corrected chi connectivity index (χ2v) is 13.0. The second kappa shape index (κ2) is 10.1. The molecule has 0 spiro atoms. The van der Waals surface area contributed by atoms with Crippen molar-refractivity contribution in [2.75, 3.05) is 5.32 Å². The van der Waals surface area contributed by atoms with Crippen molar-refractivity contribution in [3.05, 3.63) is 66.4 Å². The van der Waals surface area contributed by atoms with Crippen LogP contribution in [0.1, 0.15) is 51.4 Å². The number of nitrogens with one attached hydrogen (secondary N) is 1. The van der Waals surface area contributed by atoms with Crippen molar-refractivity contribution in [2.45, 2.75) is 70.4 Å². The van der Waals surface area contributed by atoms with Crippen molar-refractivity contribution in [3.8, 4) is 11.3 Å². The summed E-state index contributed by atoms with van der Waals surface area (Å²) in [6.45, 7) is 9.33. The molecule has 0 radical (unpaired) electrons. The van der Waals surface area contributed by atoms with Gasteiger partial charge in [-0.05, 0) is 77.6 Å². The van der Waals surface area contributed by atoms with Gasteiger partial charge in [0.05, 0.1) is 16.3 Å². The van der Waals surface area contributed by atoms with E-state index in [1.165, 1.54) is 3.97 Å². The molecule has 9 nitrogen and oxygen atoms in total. The molecule has 0 amide bonds. The number of carbonyl (C=O) groups is 1. The summed E-state index contributed by atoms with van der Waals surface area (Å²) < 4.78 is 33.7. The van der Waals surface area contributed by atoms with Gasteiger partial charge in [-0.25, -0.2) is 27.3 Å². The zero-order valence-corrected chi connectivity index (χ0v) is 23.6. The second-order valence-electron chi connectivity index (χ2n) is 11.2. The number of hydrogen-bond donors (Lipinski definition) is 1. The van der Waals surface area contributed by atoms with Gasteiger partial charge >= 0.3 is 5.97 Å². The van der Waals surface area contributed by atoms with Crippen LogP contribution in [-0.4, -0.2) is 45.0 Å². The molecular formula is C29H33N5O4S. The average molecular weight is 548 g/mol. The monoisotopic (exact) mass is 547 g/mol. The van der Waals surface area contributed by atoms with Gasteiger partial charge < -0.3 is 10.1 Å². The van der Waals surface area contributed by atoms with E-state index in [4.69, 9.17) is 4.74 Å². The molecule has 0 unspecified atom stereocenters. The summed E-state index contributed by atoms with van der Waals surface area (Å²) in [7, 11) is -3.85. The molecule has 204 valence electrons. The molecule has 3 aromatic heterocycles. The Hall–Kier alpha value is -3.79. The lowest BCUT2D eigenvalue weighted by Crippen LogP contribution is -2.37. The lowest BCUT2D eigenvalue weighted by Gasteiger charge is -2.37. The molecule has 4 aromatic rings. The van der Waals surface area contributed by atoms with Crippen LogP contribution in [0.15, 0.2) is 59.9 Å². The maximum Gasteiger partial charge on any atom is 0.306 e. The summed E-state index contributed by atoms with van der Waals surface area (Å²) in [4.78, 5) is 25.8. The summed E-state index contributed by atoms with van der Waals surface area (Å²) >= 11 is 0. The fraction of sp³-hybridized carbons (Fsp3) is 0.379. The van der Waals surface area contributed by atoms with E-state index in [1.807, 2.05) is 40.7 Å². The molecule has 0 atom stereocenters. The number of pyridine rings is 1. The standard InChI is InChI=1S/C29H33N5O4S/c1-18-6-8-22(9-7-18)39(36,37)34-13-11-23-27(24(17-31-28(23)34)25-10-12-30-19(2)32-25)33-21-14-20(15-21)16-26(35)38-29(3,4)5/h6-13,17,20-21H,14-16H2,1-5H3,(H,31,33). The number of benzene rings is 1. The molecule has 0 saturated heterocycles. The number of rotatable bonds is 7. The highest BCUT2D eigenvalue weighted by atomic mass is 32.2. The molecular weight excluding hydrogens is 514 g/mol. The first-order chi connectivity index (χ1) is 18.4. The van der Waals surface area contributed by atoms with E-state index in [2.05, 4.69) is 20.3 Å². The maximum atomic E-state index is 13.5. The van der Waals surface area contributed by atoms with Gasteiger partial charge in [0.2, 0.25) is 0 Å². The van der Waals surface area contributed by atoms with Crippen LogP contribution in [0.4, 0.5) is 5.69 Å². The van der Waals surface area contributed by atoms with Crippen LogP contribution in [0.2, 0.25) is 0 Å². The Balaban J connectivity index is 1.48. The van der Waals surface area contributed by atoms with Crippen molar-refractivity contribution >= 4 is 32.7 Å². The van der Waals surface area contributed by atoms with Gasteiger partial charge in [-0.2, -0.15) is 0 Å². The summed E-state index contributed by atoms with van der Waals surface area (Å²) in [5.41, 5.74) is 3.02. The summed E-state index contributed by atoms with van der Waals surface area (Å²) in [5.74, 6) is 0.665. The number of aryl methyl sites for hydroxylation is 2. The van der Waals surface area contributed by atoms with Gasteiger partial charge in [-0.1, -0.05) is 17.7 Å². The van der Waals surface area contributed by atoms with Crippen LogP contribution >= 0.6 is 0 Å². The molecule has 1 fully saturated rings. The zero-order valence-electron chi connectivity index (χ0n) is 22.8. The number of nitrogens with zero attached hydrogens (tertiary/aromatic N) is 4. The van der Waals surface area contributed by atoms with Crippen LogP contribution in [0.5, 0.6) is 0 Å². The van der Waals surface area contributed by atoms with Gasteiger partial charge in [-0.3, -0.25) is 4.79 Å². The average Bonchev–Trinajstić information content (AvgIpc) is 3.27. The summed E-state index contributed by atoms with van der Waals surface area (Å²) in [5, 5.41) is 4.29. The highest BCUT2D eigenvalue weighted by molar-refractivity contribution is 7.90. The predicted octanol–water partition coefficient (Wildman–Crippen LogP) is 5.27. The molecule has 5 rings (SSSR count). The van der Waals surface area contributed by atoms with Crippen LogP contribution < -0.4 is 5.32 Å². The normalized spacial score (nSPS) is 17.6. The minimum atomic E-state index is -3.85. The van der Waals surface area contributed by atoms with Gasteiger partial charge in [-0.15, -0.1) is 0 Å². The van der Waals surface area contributed by atoms with Crippen molar-refractivity contribution in [3.63, 3.8) is 0 Å². The van der Waals surface area contributed by atoms with E-state index in [0.717, 1.165) is 29.7 Å². The molecule has 0 aliphatic heterocycles. The van der Waals surface area contributed by atoms with Crippen molar-refractivity contribution in [1.82, 2.24) is 18.9 Å². The lowest BCUT2D eigenvalue weighted by atomic mass is 9.78. The Morgan fingerprint density at radius 2 is 1.79 bits per heavy atom. The first kappa shape index (κ1) is 26.8. The molecule has 1 aliphatic carbocycles. The minimum Gasteiger partial charge on any atom is -0.460 e. The minimum absolute atomic E-state index is 0.113. The van der Waals surface area contributed by atoms with Gasteiger partial charge in [0, 0.05) is 42.0 Å². The molecule has 1 aliphatic rings. The Kier molecular flexibility index (Phi) is 6.92. The largest absolute Gasteiger partial charge is 0.460 e. The van der Waals surface area contributed by atoms with E-state index >= 15 is 0 Å². The first-order valence-electron chi connectivity index (χ1n) is 13.0. The van der Waals surface area contributed by atoms with E-state index in [1.54, 1.807) is 48.9 Å². The fourth-order valence-corrected chi connectivity index (χ4v) is 6.18. The van der Waals surface area contributed by atoms with E-state index in [0.29, 0.717) is 29.0 Å². The molecule has 0 bridgehead atoms. The zero-order chi connectivity index (χ0) is 27.9. The number of anilines is 1. The Morgan fingerprint density at radius 3 is 2.46 bits per heavy atom. The van der Waals surface area contributed by atoms with Crippen molar-refractivity contribution in [1.29, 1.82) is 0 Å². The number of hydrogen-bond acceptors (Lipinski definition) is 8. The fourth-order valence-electron chi connectivity index (χ4n) is 4.88. The predicted molar refractivity (Wildman–Crippen MR) is 150 cm³/mol. The third-order valence-electron chi connectivity index (χ3n) is 6.77. The van der Waals surface area contributed by atoms with Crippen LogP contribution in [0.3, 0.4) is 0 Å². The topological polar surface area (TPSA) is 116 Å². The third kappa shape index (κ3) is 5.66. The summed E-state index contributed by atoms with van der Waals surface area (Å²) in [6.07, 6.45) is 6.87. The first-order valence-corrected chi connectivity index (χ1v) is 14.5. The van der Waals surface area contributed by atoms with E-state index in [9.17, 15) is 13.2 Å². The highest BCUT2D eigenvalue weighted by Gasteiger charge is 2.33. The number of ether oxygens (including phenoxy) is 1. The van der Waals surface area contributed by atoms with Crippen molar-refractivity contribution < 1.29 is 17.9 Å². The number of esters is 1. The SMILES string of the molecule is Cc1ccc(S(=O)(=O)n2ccc3c(NC4CC(CC(=O)OC(C)(C)C)C4)c(-c4ccnc(C)n4)cnc32)cc1. The molecule has 39 heavy (non-hydrogen) atoms. The molecule has 1 saturated carbocycles.